The molecule has 6 heteroatoms. The highest BCUT2D eigenvalue weighted by atomic mass is 35.5. The molecule has 0 unspecified atom stereocenters. The first kappa shape index (κ1) is 15.3. The van der Waals surface area contributed by atoms with Crippen LogP contribution in [-0.2, 0) is 5.54 Å². The van der Waals surface area contributed by atoms with Gasteiger partial charge in [-0.25, -0.2) is 0 Å². The average molecular weight is 298 g/mol. The van der Waals surface area contributed by atoms with Crippen molar-refractivity contribution in [2.45, 2.75) is 10.5 Å². The monoisotopic (exact) mass is 297 g/mol. The van der Waals surface area contributed by atoms with E-state index in [1.54, 1.807) is 17.1 Å². The van der Waals surface area contributed by atoms with Crippen LogP contribution in [-0.4, -0.2) is 51.4 Å². The fourth-order valence-corrected chi connectivity index (χ4v) is 2.61. The van der Waals surface area contributed by atoms with Crippen LogP contribution in [0.15, 0.2) is 42.8 Å². The van der Waals surface area contributed by atoms with Crippen molar-refractivity contribution in [3.63, 3.8) is 0 Å². The van der Waals surface area contributed by atoms with Crippen LogP contribution in [0.5, 0.6) is 0 Å². The lowest BCUT2D eigenvalue weighted by molar-refractivity contribution is 0.138. The number of hydrogen-bond acceptors (Lipinski definition) is 4. The van der Waals surface area contributed by atoms with Crippen LogP contribution in [0.25, 0.3) is 0 Å². The highest BCUT2D eigenvalue weighted by Crippen LogP contribution is 2.34. The first-order chi connectivity index (χ1) is 9.54. The van der Waals surface area contributed by atoms with Gasteiger partial charge in [0.05, 0.1) is 18.8 Å². The second kappa shape index (κ2) is 6.11. The van der Waals surface area contributed by atoms with Crippen molar-refractivity contribution >= 4 is 11.6 Å². The molecule has 1 aromatic rings. The third kappa shape index (κ3) is 2.97. The fourth-order valence-electron chi connectivity index (χ4n) is 2.31. The van der Waals surface area contributed by atoms with E-state index < -0.39 is 10.5 Å². The van der Waals surface area contributed by atoms with Gasteiger partial charge in [0.1, 0.15) is 5.00 Å². The molecular formula is C14H20ClN3O2. The average Bonchev–Trinajstić information content (AvgIpc) is 2.97. The quantitative estimate of drug-likeness (QED) is 0.350. The summed E-state index contributed by atoms with van der Waals surface area (Å²) in [7, 11) is 0. The number of nitrogens with zero attached hydrogens (tertiary/aromatic N) is 1. The molecule has 0 amide bonds. The van der Waals surface area contributed by atoms with Crippen molar-refractivity contribution in [2.75, 3.05) is 26.3 Å². The van der Waals surface area contributed by atoms with E-state index in [9.17, 15) is 0 Å². The summed E-state index contributed by atoms with van der Waals surface area (Å²) in [4.78, 5) is 3.90. The smallest absolute Gasteiger partial charge is 0.134 e. The number of aromatic amines is 1. The largest absolute Gasteiger partial charge is 0.395 e. The van der Waals surface area contributed by atoms with Gasteiger partial charge in [-0.3, -0.25) is 4.90 Å². The summed E-state index contributed by atoms with van der Waals surface area (Å²) in [6.45, 7) is 0.699. The summed E-state index contributed by atoms with van der Waals surface area (Å²) in [6, 6.07) is 1.91. The zero-order valence-electron chi connectivity index (χ0n) is 11.2. The van der Waals surface area contributed by atoms with Gasteiger partial charge < -0.3 is 20.9 Å². The van der Waals surface area contributed by atoms with E-state index >= 15 is 0 Å². The van der Waals surface area contributed by atoms with Crippen molar-refractivity contribution in [1.29, 1.82) is 0 Å². The molecule has 1 aromatic heterocycles. The molecule has 1 heterocycles. The number of aromatic nitrogens is 1. The van der Waals surface area contributed by atoms with Gasteiger partial charge in [-0.15, -0.1) is 0 Å². The molecule has 0 aromatic carbocycles. The summed E-state index contributed by atoms with van der Waals surface area (Å²) in [5, 5.41) is 18.2. The molecule has 5 N–H and O–H groups in total. The Hall–Kier alpha value is -1.11. The minimum Gasteiger partial charge on any atom is -0.395 e. The van der Waals surface area contributed by atoms with Gasteiger partial charge in [0.15, 0.2) is 0 Å². The molecule has 5 nitrogen and oxygen atoms in total. The maximum absolute atomic E-state index is 9.10. The van der Waals surface area contributed by atoms with E-state index in [0.29, 0.717) is 13.1 Å². The summed E-state index contributed by atoms with van der Waals surface area (Å²) in [6.07, 6.45) is 10.9. The van der Waals surface area contributed by atoms with Gasteiger partial charge in [-0.05, 0) is 23.8 Å². The van der Waals surface area contributed by atoms with Crippen molar-refractivity contribution in [3.05, 3.63) is 48.3 Å². The Kier molecular flexibility index (Phi) is 4.67. The molecule has 2 rings (SSSR count). The first-order valence-corrected chi connectivity index (χ1v) is 6.90. The second-order valence-electron chi connectivity index (χ2n) is 4.86. The van der Waals surface area contributed by atoms with Crippen molar-refractivity contribution in [1.82, 2.24) is 9.88 Å². The van der Waals surface area contributed by atoms with Crippen LogP contribution in [0.3, 0.4) is 0 Å². The normalized spacial score (nSPS) is 29.2. The molecule has 0 aliphatic heterocycles. The van der Waals surface area contributed by atoms with Gasteiger partial charge in [0.2, 0.25) is 0 Å². The van der Waals surface area contributed by atoms with Gasteiger partial charge >= 0.3 is 0 Å². The van der Waals surface area contributed by atoms with Crippen LogP contribution in [0.1, 0.15) is 5.56 Å². The number of nitrogens with one attached hydrogen (secondary N) is 1. The molecule has 0 atom stereocenters. The lowest BCUT2D eigenvalue weighted by Gasteiger charge is -2.38. The highest BCUT2D eigenvalue weighted by molar-refractivity contribution is 6.26. The van der Waals surface area contributed by atoms with Crippen molar-refractivity contribution in [2.24, 2.45) is 5.73 Å². The first-order valence-electron chi connectivity index (χ1n) is 6.53. The van der Waals surface area contributed by atoms with Crippen LogP contribution in [0.4, 0.5) is 0 Å². The zero-order chi connectivity index (χ0) is 14.6. The Balaban J connectivity index is 2.20. The van der Waals surface area contributed by atoms with Crippen LogP contribution >= 0.6 is 11.6 Å². The number of H-pyrrole nitrogens is 1. The Bertz CT molecular complexity index is 465. The lowest BCUT2D eigenvalue weighted by Crippen LogP contribution is -2.47. The molecule has 0 saturated heterocycles. The van der Waals surface area contributed by atoms with Crippen molar-refractivity contribution in [3.8, 4) is 0 Å². The standard InChI is InChI=1S/C14H20ClN3O2/c15-14(18(7-9-19)8-10-20)4-2-13(16,3-5-14)12-1-6-17-11-12/h1-6,11,17,19-20H,7-10,16H2. The molecule has 0 saturated carbocycles. The molecule has 0 fully saturated rings. The lowest BCUT2D eigenvalue weighted by atomic mass is 9.87. The number of hydrogen-bond donors (Lipinski definition) is 4. The number of rotatable bonds is 6. The van der Waals surface area contributed by atoms with Crippen molar-refractivity contribution < 1.29 is 10.2 Å². The molecule has 110 valence electrons. The second-order valence-corrected chi connectivity index (χ2v) is 5.47. The minimum atomic E-state index is -0.870. The number of nitrogens with two attached hydrogens (primary N) is 1. The Labute approximate surface area is 123 Å². The van der Waals surface area contributed by atoms with Crippen LogP contribution in [0, 0.1) is 0 Å². The summed E-state index contributed by atoms with van der Waals surface area (Å²) in [5.41, 5.74) is 6.58. The van der Waals surface area contributed by atoms with Gasteiger partial charge in [0.25, 0.3) is 0 Å². The maximum atomic E-state index is 9.10. The van der Waals surface area contributed by atoms with E-state index in [0.717, 1.165) is 5.56 Å². The SMILES string of the molecule is NC1(c2cc[nH]c2)C=CC(Cl)(N(CCO)CCO)C=C1. The molecule has 0 spiro atoms. The number of halogens is 1. The van der Waals surface area contributed by atoms with Crippen LogP contribution in [0.2, 0.25) is 0 Å². The molecule has 20 heavy (non-hydrogen) atoms. The third-order valence-corrected chi connectivity index (χ3v) is 4.00. The Morgan fingerprint density at radius 2 is 1.75 bits per heavy atom. The molecule has 1 aliphatic carbocycles. The minimum absolute atomic E-state index is 0.0261. The predicted octanol–water partition coefficient (Wildman–Crippen LogP) is 0.516. The summed E-state index contributed by atoms with van der Waals surface area (Å²) < 4.78 is 0. The summed E-state index contributed by atoms with van der Waals surface area (Å²) >= 11 is 6.55. The van der Waals surface area contributed by atoms with E-state index in [-0.39, 0.29) is 13.2 Å². The Morgan fingerprint density at radius 3 is 2.20 bits per heavy atom. The van der Waals surface area contributed by atoms with Gasteiger partial charge in [-0.2, -0.15) is 0 Å². The number of alkyl halides is 1. The van der Waals surface area contributed by atoms with E-state index in [1.165, 1.54) is 0 Å². The molecule has 1 aliphatic rings. The predicted molar refractivity (Wildman–Crippen MR) is 79.3 cm³/mol. The molecule has 0 radical (unpaired) electrons. The number of aliphatic hydroxyl groups is 2. The van der Waals surface area contributed by atoms with Crippen LogP contribution < -0.4 is 5.73 Å². The zero-order valence-corrected chi connectivity index (χ0v) is 11.9. The van der Waals surface area contributed by atoms with E-state index in [2.05, 4.69) is 4.98 Å². The number of aliphatic hydroxyl groups excluding tert-OH is 2. The van der Waals surface area contributed by atoms with E-state index in [1.807, 2.05) is 30.6 Å². The summed E-state index contributed by atoms with van der Waals surface area (Å²) in [5.74, 6) is 0. The topological polar surface area (TPSA) is 85.5 Å². The molecule has 0 bridgehead atoms. The van der Waals surface area contributed by atoms with E-state index in [4.69, 9.17) is 27.5 Å². The van der Waals surface area contributed by atoms with Gasteiger partial charge in [0, 0.05) is 25.5 Å². The van der Waals surface area contributed by atoms with Gasteiger partial charge in [-0.1, -0.05) is 23.8 Å². The Morgan fingerprint density at radius 1 is 1.15 bits per heavy atom. The third-order valence-electron chi connectivity index (χ3n) is 3.51. The highest BCUT2D eigenvalue weighted by Gasteiger charge is 2.35. The molecular weight excluding hydrogens is 278 g/mol. The fraction of sp³-hybridized carbons (Fsp3) is 0.429. The maximum Gasteiger partial charge on any atom is 0.134 e.